The third kappa shape index (κ3) is 4.39. The molecular formula is C15H24FNO. The summed E-state index contributed by atoms with van der Waals surface area (Å²) < 4.78 is 18.2. The monoisotopic (exact) mass is 253 g/mol. The molecule has 0 saturated heterocycles. The number of nitrogens with one attached hydrogen (secondary N) is 1. The second-order valence-corrected chi connectivity index (χ2v) is 4.98. The summed E-state index contributed by atoms with van der Waals surface area (Å²) in [5.74, 6) is 0.311. The summed E-state index contributed by atoms with van der Waals surface area (Å²) in [6, 6.07) is 7.28. The van der Waals surface area contributed by atoms with Crippen molar-refractivity contribution in [3.8, 4) is 0 Å². The molecule has 0 radical (unpaired) electrons. The maximum Gasteiger partial charge on any atom is 0.123 e. The first-order chi connectivity index (χ1) is 8.58. The van der Waals surface area contributed by atoms with Gasteiger partial charge in [-0.25, -0.2) is 4.39 Å². The molecule has 3 heteroatoms. The number of hydrogen-bond acceptors (Lipinski definition) is 2. The normalized spacial score (nSPS) is 14.8. The molecule has 0 spiro atoms. The molecule has 0 amide bonds. The SMILES string of the molecule is CCC(NC(COC)C(C)C)c1ccc(F)cc1. The molecule has 1 aromatic rings. The smallest absolute Gasteiger partial charge is 0.123 e. The zero-order valence-corrected chi connectivity index (χ0v) is 11.7. The summed E-state index contributed by atoms with van der Waals surface area (Å²) in [6.07, 6.45) is 0.971. The summed E-state index contributed by atoms with van der Waals surface area (Å²) in [4.78, 5) is 0. The van der Waals surface area contributed by atoms with Crippen LogP contribution in [0.5, 0.6) is 0 Å². The Labute approximate surface area is 110 Å². The largest absolute Gasteiger partial charge is 0.383 e. The van der Waals surface area contributed by atoms with Gasteiger partial charge in [0.2, 0.25) is 0 Å². The van der Waals surface area contributed by atoms with Gasteiger partial charge in [-0.3, -0.25) is 0 Å². The van der Waals surface area contributed by atoms with Crippen molar-refractivity contribution >= 4 is 0 Å². The first-order valence-electron chi connectivity index (χ1n) is 6.58. The van der Waals surface area contributed by atoms with Crippen molar-refractivity contribution in [2.45, 2.75) is 39.3 Å². The van der Waals surface area contributed by atoms with E-state index in [1.807, 2.05) is 12.1 Å². The van der Waals surface area contributed by atoms with Crippen LogP contribution in [0.3, 0.4) is 0 Å². The molecule has 0 bridgehead atoms. The van der Waals surface area contributed by atoms with Crippen LogP contribution in [0.1, 0.15) is 38.8 Å². The average molecular weight is 253 g/mol. The molecule has 0 fully saturated rings. The third-order valence-electron chi connectivity index (χ3n) is 3.25. The van der Waals surface area contributed by atoms with Crippen molar-refractivity contribution < 1.29 is 9.13 Å². The number of rotatable bonds is 7. The molecule has 2 unspecified atom stereocenters. The number of methoxy groups -OCH3 is 1. The zero-order chi connectivity index (χ0) is 13.5. The number of ether oxygens (including phenoxy) is 1. The fourth-order valence-corrected chi connectivity index (χ4v) is 2.02. The molecule has 0 saturated carbocycles. The summed E-state index contributed by atoms with van der Waals surface area (Å²) in [7, 11) is 1.72. The van der Waals surface area contributed by atoms with Crippen LogP contribution < -0.4 is 5.32 Å². The lowest BCUT2D eigenvalue weighted by atomic mass is 9.99. The van der Waals surface area contributed by atoms with Crippen molar-refractivity contribution in [1.82, 2.24) is 5.32 Å². The second kappa shape index (κ2) is 7.49. The van der Waals surface area contributed by atoms with E-state index >= 15 is 0 Å². The van der Waals surface area contributed by atoms with Gasteiger partial charge in [0, 0.05) is 19.2 Å². The lowest BCUT2D eigenvalue weighted by molar-refractivity contribution is 0.139. The van der Waals surface area contributed by atoms with Crippen molar-refractivity contribution in [1.29, 1.82) is 0 Å². The van der Waals surface area contributed by atoms with Gasteiger partial charge < -0.3 is 10.1 Å². The Bertz CT molecular complexity index is 337. The Morgan fingerprint density at radius 3 is 2.28 bits per heavy atom. The number of benzene rings is 1. The van der Waals surface area contributed by atoms with Gasteiger partial charge in [0.25, 0.3) is 0 Å². The van der Waals surface area contributed by atoms with E-state index in [0.29, 0.717) is 18.6 Å². The second-order valence-electron chi connectivity index (χ2n) is 4.98. The minimum atomic E-state index is -0.189. The van der Waals surface area contributed by atoms with Crippen LogP contribution in [0.2, 0.25) is 0 Å². The van der Waals surface area contributed by atoms with Gasteiger partial charge in [-0.2, -0.15) is 0 Å². The number of halogens is 1. The van der Waals surface area contributed by atoms with Crippen LogP contribution in [0, 0.1) is 11.7 Å². The van der Waals surface area contributed by atoms with E-state index < -0.39 is 0 Å². The zero-order valence-electron chi connectivity index (χ0n) is 11.7. The van der Waals surface area contributed by atoms with Crippen molar-refractivity contribution in [3.63, 3.8) is 0 Å². The fraction of sp³-hybridized carbons (Fsp3) is 0.600. The highest BCUT2D eigenvalue weighted by atomic mass is 19.1. The maximum atomic E-state index is 12.9. The summed E-state index contributed by atoms with van der Waals surface area (Å²) in [5, 5.41) is 3.59. The van der Waals surface area contributed by atoms with Crippen molar-refractivity contribution in [2.24, 2.45) is 5.92 Å². The van der Waals surface area contributed by atoms with Gasteiger partial charge in [-0.05, 0) is 30.0 Å². The molecule has 2 nitrogen and oxygen atoms in total. The van der Waals surface area contributed by atoms with Crippen LogP contribution in [-0.4, -0.2) is 19.8 Å². The molecule has 0 aliphatic rings. The molecule has 1 rings (SSSR count). The van der Waals surface area contributed by atoms with E-state index in [9.17, 15) is 4.39 Å². The molecular weight excluding hydrogens is 229 g/mol. The van der Waals surface area contributed by atoms with E-state index in [4.69, 9.17) is 4.74 Å². The molecule has 0 aliphatic heterocycles. The summed E-state index contributed by atoms with van der Waals surface area (Å²) in [5.41, 5.74) is 1.13. The lowest BCUT2D eigenvalue weighted by Gasteiger charge is -2.27. The van der Waals surface area contributed by atoms with Gasteiger partial charge in [-0.1, -0.05) is 32.9 Å². The first-order valence-corrected chi connectivity index (χ1v) is 6.58. The van der Waals surface area contributed by atoms with Gasteiger partial charge >= 0.3 is 0 Å². The lowest BCUT2D eigenvalue weighted by Crippen LogP contribution is -2.40. The van der Waals surface area contributed by atoms with Gasteiger partial charge in [-0.15, -0.1) is 0 Å². The minimum Gasteiger partial charge on any atom is -0.383 e. The maximum absolute atomic E-state index is 12.9. The first kappa shape index (κ1) is 15.1. The minimum absolute atomic E-state index is 0.189. The van der Waals surface area contributed by atoms with E-state index in [1.54, 1.807) is 7.11 Å². The fourth-order valence-electron chi connectivity index (χ4n) is 2.02. The molecule has 0 aliphatic carbocycles. The van der Waals surface area contributed by atoms with Crippen LogP contribution in [0.15, 0.2) is 24.3 Å². The van der Waals surface area contributed by atoms with E-state index in [2.05, 4.69) is 26.1 Å². The van der Waals surface area contributed by atoms with E-state index in [0.717, 1.165) is 12.0 Å². The molecule has 1 N–H and O–H groups in total. The Morgan fingerprint density at radius 2 is 1.83 bits per heavy atom. The summed E-state index contributed by atoms with van der Waals surface area (Å²) >= 11 is 0. The van der Waals surface area contributed by atoms with Gasteiger partial charge in [0.05, 0.1) is 6.61 Å². The standard InChI is InChI=1S/C15H24FNO/c1-5-14(12-6-8-13(16)9-7-12)17-15(10-18-4)11(2)3/h6-9,11,14-15,17H,5,10H2,1-4H3. The average Bonchev–Trinajstić information content (AvgIpc) is 2.35. The highest BCUT2D eigenvalue weighted by Crippen LogP contribution is 2.19. The van der Waals surface area contributed by atoms with Gasteiger partial charge in [0.1, 0.15) is 5.82 Å². The predicted molar refractivity (Wildman–Crippen MR) is 73.1 cm³/mol. The highest BCUT2D eigenvalue weighted by molar-refractivity contribution is 5.20. The van der Waals surface area contributed by atoms with Crippen LogP contribution in [-0.2, 0) is 4.74 Å². The van der Waals surface area contributed by atoms with Crippen LogP contribution in [0.25, 0.3) is 0 Å². The third-order valence-corrected chi connectivity index (χ3v) is 3.25. The summed E-state index contributed by atoms with van der Waals surface area (Å²) in [6.45, 7) is 7.17. The van der Waals surface area contributed by atoms with Crippen molar-refractivity contribution in [2.75, 3.05) is 13.7 Å². The Kier molecular flexibility index (Phi) is 6.30. The quantitative estimate of drug-likeness (QED) is 0.802. The molecule has 0 aromatic heterocycles. The van der Waals surface area contributed by atoms with Gasteiger partial charge in [0.15, 0.2) is 0 Å². The molecule has 102 valence electrons. The number of hydrogen-bond donors (Lipinski definition) is 1. The molecule has 0 heterocycles. The van der Waals surface area contributed by atoms with Crippen LogP contribution in [0.4, 0.5) is 4.39 Å². The topological polar surface area (TPSA) is 21.3 Å². The Morgan fingerprint density at radius 1 is 1.22 bits per heavy atom. The molecule has 2 atom stereocenters. The molecule has 1 aromatic carbocycles. The van der Waals surface area contributed by atoms with E-state index in [-0.39, 0.29) is 11.9 Å². The highest BCUT2D eigenvalue weighted by Gasteiger charge is 2.18. The predicted octanol–water partition coefficient (Wildman–Crippen LogP) is 3.54. The van der Waals surface area contributed by atoms with Crippen LogP contribution >= 0.6 is 0 Å². The van der Waals surface area contributed by atoms with Crippen molar-refractivity contribution in [3.05, 3.63) is 35.6 Å². The Hall–Kier alpha value is -0.930. The molecule has 18 heavy (non-hydrogen) atoms. The van der Waals surface area contributed by atoms with E-state index in [1.165, 1.54) is 12.1 Å². The Balaban J connectivity index is 2.73.